The molecule has 0 radical (unpaired) electrons. The smallest absolute Gasteiger partial charge is 0.335 e. The van der Waals surface area contributed by atoms with Crippen LogP contribution < -0.4 is 4.74 Å². The summed E-state index contributed by atoms with van der Waals surface area (Å²) < 4.78 is 7.29. The van der Waals surface area contributed by atoms with Gasteiger partial charge < -0.3 is 9.84 Å². The van der Waals surface area contributed by atoms with E-state index >= 15 is 0 Å². The minimum Gasteiger partial charge on any atom is -0.478 e. The second-order valence-electron chi connectivity index (χ2n) is 3.91. The van der Waals surface area contributed by atoms with Gasteiger partial charge in [0.05, 0.1) is 11.3 Å². The van der Waals surface area contributed by atoms with E-state index < -0.39 is 5.97 Å². The third-order valence-corrected chi connectivity index (χ3v) is 2.63. The molecule has 0 saturated carbocycles. The Morgan fingerprint density at radius 3 is 2.72 bits per heavy atom. The average Bonchev–Trinajstić information content (AvgIpc) is 2.56. The van der Waals surface area contributed by atoms with E-state index in [1.807, 2.05) is 20.9 Å². The lowest BCUT2D eigenvalue weighted by atomic mass is 10.3. The van der Waals surface area contributed by atoms with Crippen molar-refractivity contribution < 1.29 is 14.6 Å². The van der Waals surface area contributed by atoms with Crippen LogP contribution in [0.2, 0.25) is 0 Å². The Morgan fingerprint density at radius 2 is 2.17 bits per heavy atom. The van der Waals surface area contributed by atoms with E-state index in [0.29, 0.717) is 5.75 Å². The van der Waals surface area contributed by atoms with E-state index in [-0.39, 0.29) is 11.4 Å². The molecule has 0 atom stereocenters. The summed E-state index contributed by atoms with van der Waals surface area (Å²) in [4.78, 5) is 14.8. The molecule has 18 heavy (non-hydrogen) atoms. The van der Waals surface area contributed by atoms with Crippen LogP contribution >= 0.6 is 0 Å². The first-order valence-corrected chi connectivity index (χ1v) is 5.36. The average molecular weight is 247 g/mol. The molecule has 0 fully saturated rings. The van der Waals surface area contributed by atoms with Crippen LogP contribution in [0.1, 0.15) is 21.7 Å². The van der Waals surface area contributed by atoms with Crippen molar-refractivity contribution in [1.29, 1.82) is 0 Å². The van der Waals surface area contributed by atoms with Gasteiger partial charge in [-0.2, -0.15) is 5.10 Å². The van der Waals surface area contributed by atoms with Crippen molar-refractivity contribution in [3.05, 3.63) is 35.3 Å². The van der Waals surface area contributed by atoms with E-state index in [0.717, 1.165) is 11.4 Å². The molecule has 1 N–H and O–H groups in total. The molecule has 2 aromatic heterocycles. The molecule has 0 spiro atoms. The second kappa shape index (κ2) is 4.48. The number of aryl methyl sites for hydroxylation is 2. The highest BCUT2D eigenvalue weighted by Crippen LogP contribution is 2.26. The van der Waals surface area contributed by atoms with Crippen LogP contribution in [0, 0.1) is 13.8 Å². The number of ether oxygens (including phenoxy) is 1. The summed E-state index contributed by atoms with van der Waals surface area (Å²) in [5.74, 6) is -0.163. The van der Waals surface area contributed by atoms with Gasteiger partial charge in [0.1, 0.15) is 5.69 Å². The topological polar surface area (TPSA) is 77.2 Å². The SMILES string of the molecule is Cc1nn(C)c(C)c1Oc1cc(C(=O)O)ccn1. The molecule has 0 saturated heterocycles. The number of aromatic carboxylic acids is 1. The van der Waals surface area contributed by atoms with E-state index in [9.17, 15) is 4.79 Å². The molecular weight excluding hydrogens is 234 g/mol. The van der Waals surface area contributed by atoms with Gasteiger partial charge in [-0.25, -0.2) is 9.78 Å². The van der Waals surface area contributed by atoms with Crippen molar-refractivity contribution in [2.45, 2.75) is 13.8 Å². The predicted octanol–water partition coefficient (Wildman–Crippen LogP) is 1.92. The lowest BCUT2D eigenvalue weighted by molar-refractivity contribution is 0.0696. The zero-order valence-corrected chi connectivity index (χ0v) is 10.3. The summed E-state index contributed by atoms with van der Waals surface area (Å²) >= 11 is 0. The maximum absolute atomic E-state index is 10.8. The Kier molecular flexibility index (Phi) is 3.01. The number of hydrogen-bond acceptors (Lipinski definition) is 4. The van der Waals surface area contributed by atoms with Crippen LogP contribution in [0.25, 0.3) is 0 Å². The van der Waals surface area contributed by atoms with Gasteiger partial charge in [-0.1, -0.05) is 0 Å². The zero-order valence-electron chi connectivity index (χ0n) is 10.3. The highest BCUT2D eigenvalue weighted by atomic mass is 16.5. The molecular formula is C12H13N3O3. The summed E-state index contributed by atoms with van der Waals surface area (Å²) in [7, 11) is 1.82. The molecule has 0 aliphatic carbocycles. The fourth-order valence-corrected chi connectivity index (χ4v) is 1.60. The first kappa shape index (κ1) is 12.1. The van der Waals surface area contributed by atoms with E-state index in [1.54, 1.807) is 4.68 Å². The second-order valence-corrected chi connectivity index (χ2v) is 3.91. The van der Waals surface area contributed by atoms with Crippen LogP contribution in [0.15, 0.2) is 18.3 Å². The fourth-order valence-electron chi connectivity index (χ4n) is 1.60. The standard InChI is InChI=1S/C12H13N3O3/c1-7-11(8(2)15(3)14-7)18-10-6-9(12(16)17)4-5-13-10/h4-6H,1-3H3,(H,16,17). The number of carboxylic acids is 1. The van der Waals surface area contributed by atoms with Crippen molar-refractivity contribution in [2.75, 3.05) is 0 Å². The molecule has 2 heterocycles. The van der Waals surface area contributed by atoms with Crippen molar-refractivity contribution in [1.82, 2.24) is 14.8 Å². The number of rotatable bonds is 3. The maximum atomic E-state index is 10.8. The quantitative estimate of drug-likeness (QED) is 0.896. The maximum Gasteiger partial charge on any atom is 0.335 e. The Bertz CT molecular complexity index is 605. The van der Waals surface area contributed by atoms with Crippen LogP contribution in [0.3, 0.4) is 0 Å². The number of nitrogens with zero attached hydrogens (tertiary/aromatic N) is 3. The summed E-state index contributed by atoms with van der Waals surface area (Å²) in [6.07, 6.45) is 1.40. The molecule has 94 valence electrons. The lowest BCUT2D eigenvalue weighted by Gasteiger charge is -2.05. The van der Waals surface area contributed by atoms with E-state index in [1.165, 1.54) is 18.3 Å². The number of aromatic nitrogens is 3. The summed E-state index contributed by atoms with van der Waals surface area (Å²) in [5.41, 5.74) is 1.73. The van der Waals surface area contributed by atoms with Crippen LogP contribution in [-0.4, -0.2) is 25.8 Å². The first-order chi connectivity index (χ1) is 8.49. The van der Waals surface area contributed by atoms with Crippen LogP contribution in [0.5, 0.6) is 11.6 Å². The third kappa shape index (κ3) is 2.17. The first-order valence-electron chi connectivity index (χ1n) is 5.36. The molecule has 6 nitrogen and oxygen atoms in total. The monoisotopic (exact) mass is 247 g/mol. The van der Waals surface area contributed by atoms with E-state index in [4.69, 9.17) is 9.84 Å². The van der Waals surface area contributed by atoms with Gasteiger partial charge in [-0.15, -0.1) is 0 Å². The Morgan fingerprint density at radius 1 is 1.44 bits per heavy atom. The highest BCUT2D eigenvalue weighted by molar-refractivity contribution is 5.87. The largest absolute Gasteiger partial charge is 0.478 e. The molecule has 2 aromatic rings. The molecule has 6 heteroatoms. The third-order valence-electron chi connectivity index (χ3n) is 2.63. The number of hydrogen-bond donors (Lipinski definition) is 1. The minimum atomic E-state index is -1.01. The molecule has 0 unspecified atom stereocenters. The minimum absolute atomic E-state index is 0.138. The fraction of sp³-hybridized carbons (Fsp3) is 0.250. The Balaban J connectivity index is 2.34. The Labute approximate surface area is 104 Å². The van der Waals surface area contributed by atoms with Gasteiger partial charge in [-0.05, 0) is 19.9 Å². The summed E-state index contributed by atoms with van der Waals surface area (Å²) in [6, 6.07) is 2.80. The molecule has 0 aliphatic heterocycles. The van der Waals surface area contributed by atoms with Gasteiger partial charge in [0, 0.05) is 19.3 Å². The summed E-state index contributed by atoms with van der Waals surface area (Å²) in [5, 5.41) is 13.1. The lowest BCUT2D eigenvalue weighted by Crippen LogP contribution is -1.98. The highest BCUT2D eigenvalue weighted by Gasteiger charge is 2.13. The van der Waals surface area contributed by atoms with Gasteiger partial charge in [-0.3, -0.25) is 4.68 Å². The van der Waals surface area contributed by atoms with Crippen molar-refractivity contribution in [3.8, 4) is 11.6 Å². The van der Waals surface area contributed by atoms with Gasteiger partial charge in [0.25, 0.3) is 0 Å². The van der Waals surface area contributed by atoms with Crippen LogP contribution in [0.4, 0.5) is 0 Å². The molecule has 0 aromatic carbocycles. The Hall–Kier alpha value is -2.37. The van der Waals surface area contributed by atoms with Crippen molar-refractivity contribution >= 4 is 5.97 Å². The molecule has 0 bridgehead atoms. The van der Waals surface area contributed by atoms with Crippen molar-refractivity contribution in [3.63, 3.8) is 0 Å². The number of carbonyl (C=O) groups is 1. The summed E-state index contributed by atoms with van der Waals surface area (Å²) in [6.45, 7) is 3.69. The molecule has 2 rings (SSSR count). The molecule has 0 aliphatic rings. The number of pyridine rings is 1. The van der Waals surface area contributed by atoms with Gasteiger partial charge in [0.15, 0.2) is 5.75 Å². The van der Waals surface area contributed by atoms with Crippen LogP contribution in [-0.2, 0) is 7.05 Å². The molecule has 0 amide bonds. The van der Waals surface area contributed by atoms with Crippen molar-refractivity contribution in [2.24, 2.45) is 7.05 Å². The van der Waals surface area contributed by atoms with Gasteiger partial charge >= 0.3 is 5.97 Å². The normalized spacial score (nSPS) is 10.4. The predicted molar refractivity (Wildman–Crippen MR) is 64.0 cm³/mol. The zero-order chi connectivity index (χ0) is 13.3. The van der Waals surface area contributed by atoms with Gasteiger partial charge in [0.2, 0.25) is 5.88 Å². The number of carboxylic acid groups (broad SMARTS) is 1. The van der Waals surface area contributed by atoms with E-state index in [2.05, 4.69) is 10.1 Å².